The van der Waals surface area contributed by atoms with Gasteiger partial charge in [0.05, 0.1) is 20.8 Å². The Balaban J connectivity index is 1.41. The normalized spacial score (nSPS) is 11.1. The van der Waals surface area contributed by atoms with Crippen molar-refractivity contribution in [2.24, 2.45) is 0 Å². The van der Waals surface area contributed by atoms with Crippen LogP contribution in [0.15, 0.2) is 40.9 Å². The second-order valence-electron chi connectivity index (χ2n) is 5.12. The maximum Gasteiger partial charge on any atom is 0.236 e. The average Bonchev–Trinajstić information content (AvgIpc) is 3.32. The number of nitrogens with zero attached hydrogens (tertiary/aromatic N) is 4. The van der Waals surface area contributed by atoms with Gasteiger partial charge in [-0.15, -0.1) is 21.5 Å². The number of halogens is 1. The summed E-state index contributed by atoms with van der Waals surface area (Å²) in [6.07, 6.45) is 0. The van der Waals surface area contributed by atoms with Gasteiger partial charge in [-0.3, -0.25) is 4.79 Å². The van der Waals surface area contributed by atoms with E-state index in [9.17, 15) is 9.18 Å². The molecule has 0 saturated carbocycles. The predicted molar refractivity (Wildman–Crippen MR) is 102 cm³/mol. The molecule has 0 aliphatic rings. The minimum Gasteiger partial charge on any atom is -0.335 e. The van der Waals surface area contributed by atoms with Gasteiger partial charge in [0.25, 0.3) is 0 Å². The number of nitrogens with two attached hydrogens (primary N) is 1. The van der Waals surface area contributed by atoms with Crippen molar-refractivity contribution in [2.45, 2.75) is 5.16 Å². The van der Waals surface area contributed by atoms with Crippen molar-refractivity contribution in [2.75, 3.05) is 16.9 Å². The Labute approximate surface area is 159 Å². The molecule has 0 fully saturated rings. The van der Waals surface area contributed by atoms with Gasteiger partial charge in [0.15, 0.2) is 11.0 Å². The molecule has 0 atom stereocenters. The second-order valence-corrected chi connectivity index (χ2v) is 8.04. The third-order valence-electron chi connectivity index (χ3n) is 3.34. The molecule has 1 amide bonds. The molecule has 0 spiro atoms. The van der Waals surface area contributed by atoms with Crippen molar-refractivity contribution >= 4 is 55.7 Å². The molecule has 3 aromatic heterocycles. The third-order valence-corrected chi connectivity index (χ3v) is 6.08. The molecule has 7 nitrogen and oxygen atoms in total. The van der Waals surface area contributed by atoms with Crippen LogP contribution >= 0.6 is 34.4 Å². The first-order chi connectivity index (χ1) is 12.6. The van der Waals surface area contributed by atoms with Crippen LogP contribution in [-0.4, -0.2) is 31.5 Å². The lowest BCUT2D eigenvalue weighted by Gasteiger charge is -2.02. The highest BCUT2D eigenvalue weighted by molar-refractivity contribution is 7.99. The first kappa shape index (κ1) is 16.9. The molecule has 3 N–H and O–H groups in total. The number of carbonyl (C=O) groups excluding carboxylic acids is 1. The summed E-state index contributed by atoms with van der Waals surface area (Å²) in [6.45, 7) is 0. The molecule has 0 radical (unpaired) electrons. The molecular formula is C15H11FN6OS3. The van der Waals surface area contributed by atoms with E-state index in [2.05, 4.69) is 20.5 Å². The number of anilines is 1. The lowest BCUT2D eigenvalue weighted by Crippen LogP contribution is -2.16. The van der Waals surface area contributed by atoms with Crippen molar-refractivity contribution in [3.8, 4) is 10.7 Å². The lowest BCUT2D eigenvalue weighted by atomic mass is 10.3. The zero-order valence-corrected chi connectivity index (χ0v) is 15.5. The fraction of sp³-hybridized carbons (Fsp3) is 0.0667. The summed E-state index contributed by atoms with van der Waals surface area (Å²) in [7, 11) is 0. The van der Waals surface area contributed by atoms with Crippen LogP contribution in [0.2, 0.25) is 0 Å². The van der Waals surface area contributed by atoms with Crippen molar-refractivity contribution < 1.29 is 9.18 Å². The number of thiazole rings is 1. The number of nitrogens with one attached hydrogen (secondary N) is 1. The first-order valence-electron chi connectivity index (χ1n) is 7.33. The summed E-state index contributed by atoms with van der Waals surface area (Å²) >= 11 is 3.90. The number of hydrogen-bond donors (Lipinski definition) is 2. The van der Waals surface area contributed by atoms with Crippen LogP contribution in [0, 0.1) is 5.82 Å². The standard InChI is InChI=1S/C15H11FN6OS3/c16-8-3-4-9-11(6-8)26-14(18-9)19-12(23)7-25-15-21-20-13(22(15)17)10-2-1-5-24-10/h1-6H,7,17H2,(H,18,19,23). The van der Waals surface area contributed by atoms with Gasteiger partial charge in [-0.05, 0) is 29.6 Å². The van der Waals surface area contributed by atoms with E-state index < -0.39 is 0 Å². The van der Waals surface area contributed by atoms with E-state index in [0.717, 1.165) is 4.88 Å². The zero-order valence-electron chi connectivity index (χ0n) is 13.0. The summed E-state index contributed by atoms with van der Waals surface area (Å²) < 4.78 is 15.3. The number of hydrogen-bond acceptors (Lipinski definition) is 8. The molecule has 132 valence electrons. The van der Waals surface area contributed by atoms with Gasteiger partial charge in [0, 0.05) is 0 Å². The van der Waals surface area contributed by atoms with Gasteiger partial charge < -0.3 is 11.2 Å². The van der Waals surface area contributed by atoms with Crippen LogP contribution in [0.3, 0.4) is 0 Å². The number of thiophene rings is 1. The predicted octanol–water partition coefficient (Wildman–Crippen LogP) is 3.20. The van der Waals surface area contributed by atoms with E-state index in [4.69, 9.17) is 5.84 Å². The molecule has 0 unspecified atom stereocenters. The van der Waals surface area contributed by atoms with Gasteiger partial charge in [-0.25, -0.2) is 14.1 Å². The van der Waals surface area contributed by atoms with E-state index in [1.165, 1.54) is 51.2 Å². The van der Waals surface area contributed by atoms with Crippen molar-refractivity contribution in [3.05, 3.63) is 41.5 Å². The quantitative estimate of drug-likeness (QED) is 0.390. The Kier molecular flexibility index (Phi) is 4.57. The number of carbonyl (C=O) groups is 1. The number of fused-ring (bicyclic) bond motifs is 1. The molecular weight excluding hydrogens is 395 g/mol. The van der Waals surface area contributed by atoms with Gasteiger partial charge in [0.2, 0.25) is 11.1 Å². The van der Waals surface area contributed by atoms with E-state index in [-0.39, 0.29) is 17.5 Å². The Morgan fingerprint density at radius 1 is 1.35 bits per heavy atom. The molecule has 1 aromatic carbocycles. The minimum atomic E-state index is -0.335. The molecule has 11 heteroatoms. The Morgan fingerprint density at radius 3 is 3.04 bits per heavy atom. The highest BCUT2D eigenvalue weighted by Crippen LogP contribution is 2.27. The maximum absolute atomic E-state index is 13.2. The minimum absolute atomic E-state index is 0.101. The summed E-state index contributed by atoms with van der Waals surface area (Å²) in [4.78, 5) is 17.3. The fourth-order valence-electron chi connectivity index (χ4n) is 2.19. The summed E-state index contributed by atoms with van der Waals surface area (Å²) in [5.74, 6) is 6.06. The van der Waals surface area contributed by atoms with Gasteiger partial charge in [0.1, 0.15) is 5.82 Å². The van der Waals surface area contributed by atoms with Crippen LogP contribution in [0.4, 0.5) is 9.52 Å². The first-order valence-corrected chi connectivity index (χ1v) is 10.0. The van der Waals surface area contributed by atoms with Crippen LogP contribution in [0.5, 0.6) is 0 Å². The van der Waals surface area contributed by atoms with Crippen LogP contribution in [0.1, 0.15) is 0 Å². The van der Waals surface area contributed by atoms with Gasteiger partial charge >= 0.3 is 0 Å². The monoisotopic (exact) mass is 406 g/mol. The Morgan fingerprint density at radius 2 is 2.23 bits per heavy atom. The maximum atomic E-state index is 13.2. The number of thioether (sulfide) groups is 1. The molecule has 4 aromatic rings. The van der Waals surface area contributed by atoms with Gasteiger partial charge in [-0.2, -0.15) is 0 Å². The van der Waals surface area contributed by atoms with Crippen molar-refractivity contribution in [1.29, 1.82) is 0 Å². The number of rotatable bonds is 5. The van der Waals surface area contributed by atoms with Crippen LogP contribution < -0.4 is 11.2 Å². The highest BCUT2D eigenvalue weighted by atomic mass is 32.2. The SMILES string of the molecule is Nn1c(SCC(=O)Nc2nc3ccc(F)cc3s2)nnc1-c1cccs1. The molecule has 4 rings (SSSR count). The number of benzene rings is 1. The summed E-state index contributed by atoms with van der Waals surface area (Å²) in [5, 5.41) is 13.6. The van der Waals surface area contributed by atoms with Crippen molar-refractivity contribution in [1.82, 2.24) is 19.9 Å². The Bertz CT molecular complexity index is 1070. The molecule has 0 saturated heterocycles. The molecule has 3 heterocycles. The summed E-state index contributed by atoms with van der Waals surface area (Å²) in [5.41, 5.74) is 0.640. The molecule has 0 aliphatic carbocycles. The van der Waals surface area contributed by atoms with Crippen LogP contribution in [0.25, 0.3) is 20.9 Å². The Hall–Kier alpha value is -2.50. The highest BCUT2D eigenvalue weighted by Gasteiger charge is 2.15. The lowest BCUT2D eigenvalue weighted by molar-refractivity contribution is -0.113. The van der Waals surface area contributed by atoms with E-state index in [0.29, 0.717) is 26.3 Å². The second kappa shape index (κ2) is 7.02. The topological polar surface area (TPSA) is 98.7 Å². The molecule has 0 aliphatic heterocycles. The van der Waals surface area contributed by atoms with Crippen molar-refractivity contribution in [3.63, 3.8) is 0 Å². The average molecular weight is 406 g/mol. The summed E-state index contributed by atoms with van der Waals surface area (Å²) in [6, 6.07) is 8.10. The number of nitrogen functional groups attached to an aromatic ring is 1. The smallest absolute Gasteiger partial charge is 0.236 e. The van der Waals surface area contributed by atoms with E-state index >= 15 is 0 Å². The van der Waals surface area contributed by atoms with E-state index in [1.54, 1.807) is 6.07 Å². The molecule has 26 heavy (non-hydrogen) atoms. The molecule has 0 bridgehead atoms. The number of aromatic nitrogens is 4. The number of amides is 1. The van der Waals surface area contributed by atoms with Crippen LogP contribution in [-0.2, 0) is 4.79 Å². The fourth-order valence-corrected chi connectivity index (χ4v) is 4.46. The van der Waals surface area contributed by atoms with Gasteiger partial charge in [-0.1, -0.05) is 29.2 Å². The zero-order chi connectivity index (χ0) is 18.1. The van der Waals surface area contributed by atoms with E-state index in [1.807, 2.05) is 17.5 Å². The largest absolute Gasteiger partial charge is 0.335 e. The third kappa shape index (κ3) is 3.41.